The maximum absolute atomic E-state index is 12.6. The Bertz CT molecular complexity index is 446. The quantitative estimate of drug-likeness (QED) is 0.815. The maximum Gasteiger partial charge on any atom is 0.326 e. The third kappa shape index (κ3) is 2.27. The van der Waals surface area contributed by atoms with Crippen LogP contribution < -0.4 is 0 Å². The lowest BCUT2D eigenvalue weighted by Gasteiger charge is -2.30. The third-order valence-electron chi connectivity index (χ3n) is 4.57. The fraction of sp³-hybridized carbons (Fsp3) is 0.786. The first-order chi connectivity index (χ1) is 9.59. The van der Waals surface area contributed by atoms with Crippen LogP contribution in [0, 0.1) is 5.92 Å². The van der Waals surface area contributed by atoms with Crippen LogP contribution in [0.2, 0.25) is 0 Å². The van der Waals surface area contributed by atoms with Crippen molar-refractivity contribution in [2.24, 2.45) is 5.92 Å². The highest BCUT2D eigenvalue weighted by molar-refractivity contribution is 5.92. The molecule has 20 heavy (non-hydrogen) atoms. The van der Waals surface area contributed by atoms with Crippen LogP contribution in [0.25, 0.3) is 0 Å². The first kappa shape index (κ1) is 13.4. The highest BCUT2D eigenvalue weighted by Crippen LogP contribution is 2.34. The molecule has 6 nitrogen and oxygen atoms in total. The minimum Gasteiger partial charge on any atom is -0.480 e. The zero-order chi connectivity index (χ0) is 14.3. The van der Waals surface area contributed by atoms with Crippen molar-refractivity contribution in [2.75, 3.05) is 13.1 Å². The average Bonchev–Trinajstić information content (AvgIpc) is 2.97. The monoisotopic (exact) mass is 280 g/mol. The molecule has 0 spiro atoms. The highest BCUT2D eigenvalue weighted by Gasteiger charge is 2.44. The van der Waals surface area contributed by atoms with Gasteiger partial charge in [-0.1, -0.05) is 0 Å². The standard InChI is InChI=1S/C14H20N2O4/c17-12(9-5-6-9)15-7-1-3-10(15)13(18)16-8-2-4-11(16)14(19)20/h9-11H,1-8H2,(H,19,20)/t10?,11-/m1/s1. The van der Waals surface area contributed by atoms with Gasteiger partial charge in [0.25, 0.3) is 0 Å². The summed E-state index contributed by atoms with van der Waals surface area (Å²) in [6.45, 7) is 1.13. The van der Waals surface area contributed by atoms with Gasteiger partial charge in [0, 0.05) is 19.0 Å². The van der Waals surface area contributed by atoms with E-state index in [2.05, 4.69) is 0 Å². The van der Waals surface area contributed by atoms with E-state index < -0.39 is 18.1 Å². The lowest BCUT2D eigenvalue weighted by molar-refractivity contribution is -0.152. The van der Waals surface area contributed by atoms with Crippen LogP contribution >= 0.6 is 0 Å². The molecule has 2 aliphatic heterocycles. The number of carboxylic acids is 1. The predicted octanol–water partition coefficient (Wildman–Crippen LogP) is 0.463. The molecule has 2 atom stereocenters. The zero-order valence-electron chi connectivity index (χ0n) is 11.5. The van der Waals surface area contributed by atoms with Gasteiger partial charge in [0.2, 0.25) is 11.8 Å². The van der Waals surface area contributed by atoms with Gasteiger partial charge >= 0.3 is 5.97 Å². The van der Waals surface area contributed by atoms with Crippen molar-refractivity contribution in [1.82, 2.24) is 9.80 Å². The Kier molecular flexibility index (Phi) is 3.40. The normalized spacial score (nSPS) is 29.8. The number of carbonyl (C=O) groups excluding carboxylic acids is 2. The Morgan fingerprint density at radius 3 is 1.90 bits per heavy atom. The van der Waals surface area contributed by atoms with Crippen molar-refractivity contribution in [2.45, 2.75) is 50.6 Å². The number of likely N-dealkylation sites (tertiary alicyclic amines) is 2. The van der Waals surface area contributed by atoms with Crippen LogP contribution in [0.3, 0.4) is 0 Å². The zero-order valence-corrected chi connectivity index (χ0v) is 11.5. The molecule has 2 saturated heterocycles. The van der Waals surface area contributed by atoms with E-state index >= 15 is 0 Å². The predicted molar refractivity (Wildman–Crippen MR) is 69.8 cm³/mol. The summed E-state index contributed by atoms with van der Waals surface area (Å²) in [5.74, 6) is -0.903. The van der Waals surface area contributed by atoms with E-state index in [1.165, 1.54) is 4.90 Å². The Balaban J connectivity index is 1.72. The maximum atomic E-state index is 12.6. The van der Waals surface area contributed by atoms with Crippen LogP contribution in [-0.2, 0) is 14.4 Å². The molecule has 0 aromatic carbocycles. The summed E-state index contributed by atoms with van der Waals surface area (Å²) < 4.78 is 0. The first-order valence-electron chi connectivity index (χ1n) is 7.43. The fourth-order valence-corrected chi connectivity index (χ4v) is 3.33. The van der Waals surface area contributed by atoms with E-state index in [-0.39, 0.29) is 17.7 Å². The molecule has 1 N–H and O–H groups in total. The van der Waals surface area contributed by atoms with E-state index in [4.69, 9.17) is 0 Å². The Hall–Kier alpha value is -1.59. The molecule has 1 unspecified atom stereocenters. The minimum atomic E-state index is -0.936. The molecule has 3 rings (SSSR count). The Morgan fingerprint density at radius 1 is 0.800 bits per heavy atom. The number of aliphatic carboxylic acids is 1. The van der Waals surface area contributed by atoms with Gasteiger partial charge in [-0.2, -0.15) is 0 Å². The summed E-state index contributed by atoms with van der Waals surface area (Å²) in [6.07, 6.45) is 4.60. The van der Waals surface area contributed by atoms with E-state index in [1.807, 2.05) is 0 Å². The number of hydrogen-bond donors (Lipinski definition) is 1. The molecule has 110 valence electrons. The summed E-state index contributed by atoms with van der Waals surface area (Å²) in [4.78, 5) is 39.1. The fourth-order valence-electron chi connectivity index (χ4n) is 3.33. The van der Waals surface area contributed by atoms with E-state index in [0.717, 1.165) is 25.7 Å². The lowest BCUT2D eigenvalue weighted by Crippen LogP contribution is -2.51. The van der Waals surface area contributed by atoms with Crippen LogP contribution in [0.15, 0.2) is 0 Å². The summed E-state index contributed by atoms with van der Waals surface area (Å²) in [5.41, 5.74) is 0. The topological polar surface area (TPSA) is 77.9 Å². The van der Waals surface area contributed by atoms with Gasteiger partial charge in [0.05, 0.1) is 0 Å². The summed E-state index contributed by atoms with van der Waals surface area (Å²) in [6, 6.07) is -1.14. The molecule has 0 radical (unpaired) electrons. The number of rotatable bonds is 3. The van der Waals surface area contributed by atoms with Gasteiger partial charge in [-0.3, -0.25) is 9.59 Å². The van der Waals surface area contributed by atoms with Crippen molar-refractivity contribution in [3.63, 3.8) is 0 Å². The summed E-state index contributed by atoms with van der Waals surface area (Å²) >= 11 is 0. The summed E-state index contributed by atoms with van der Waals surface area (Å²) in [7, 11) is 0. The van der Waals surface area contributed by atoms with Gasteiger partial charge in [-0.15, -0.1) is 0 Å². The van der Waals surface area contributed by atoms with Crippen LogP contribution in [-0.4, -0.2) is 57.9 Å². The molecule has 1 saturated carbocycles. The van der Waals surface area contributed by atoms with Crippen molar-refractivity contribution in [3.05, 3.63) is 0 Å². The van der Waals surface area contributed by atoms with Gasteiger partial charge in [0.1, 0.15) is 12.1 Å². The molecule has 0 bridgehead atoms. The van der Waals surface area contributed by atoms with Crippen LogP contribution in [0.4, 0.5) is 0 Å². The average molecular weight is 280 g/mol. The van der Waals surface area contributed by atoms with Gasteiger partial charge in [-0.25, -0.2) is 4.79 Å². The van der Waals surface area contributed by atoms with Crippen molar-refractivity contribution in [1.29, 1.82) is 0 Å². The molecule has 1 aliphatic carbocycles. The minimum absolute atomic E-state index is 0.0897. The lowest BCUT2D eigenvalue weighted by atomic mass is 10.1. The molecule has 2 heterocycles. The highest BCUT2D eigenvalue weighted by atomic mass is 16.4. The second-order valence-corrected chi connectivity index (χ2v) is 5.99. The van der Waals surface area contributed by atoms with Crippen molar-refractivity contribution >= 4 is 17.8 Å². The van der Waals surface area contributed by atoms with E-state index in [1.54, 1.807) is 4.90 Å². The van der Waals surface area contributed by atoms with Crippen molar-refractivity contribution < 1.29 is 19.5 Å². The van der Waals surface area contributed by atoms with Gasteiger partial charge < -0.3 is 14.9 Å². The van der Waals surface area contributed by atoms with E-state index in [0.29, 0.717) is 25.9 Å². The van der Waals surface area contributed by atoms with Gasteiger partial charge in [-0.05, 0) is 38.5 Å². The second-order valence-electron chi connectivity index (χ2n) is 5.99. The molecule has 0 aromatic heterocycles. The largest absolute Gasteiger partial charge is 0.480 e. The molecule has 0 aromatic rings. The SMILES string of the molecule is O=C(O)[C@H]1CCCN1C(=O)C1CCCN1C(=O)C1CC1. The Labute approximate surface area is 117 Å². The molecule has 3 fully saturated rings. The molecule has 6 heteroatoms. The first-order valence-corrected chi connectivity index (χ1v) is 7.43. The second kappa shape index (κ2) is 5.07. The van der Waals surface area contributed by atoms with Gasteiger partial charge in [0.15, 0.2) is 0 Å². The number of hydrogen-bond acceptors (Lipinski definition) is 3. The molecular weight excluding hydrogens is 260 g/mol. The number of nitrogens with zero attached hydrogens (tertiary/aromatic N) is 2. The number of carboxylic acid groups (broad SMARTS) is 1. The van der Waals surface area contributed by atoms with Crippen LogP contribution in [0.1, 0.15) is 38.5 Å². The van der Waals surface area contributed by atoms with Crippen LogP contribution in [0.5, 0.6) is 0 Å². The molecular formula is C14H20N2O4. The summed E-state index contributed by atoms with van der Waals surface area (Å²) in [5, 5.41) is 9.17. The van der Waals surface area contributed by atoms with E-state index in [9.17, 15) is 19.5 Å². The molecule has 2 amide bonds. The number of carbonyl (C=O) groups is 3. The third-order valence-corrected chi connectivity index (χ3v) is 4.57. The molecule has 3 aliphatic rings. The smallest absolute Gasteiger partial charge is 0.326 e. The Morgan fingerprint density at radius 2 is 1.35 bits per heavy atom. The number of amides is 2. The van der Waals surface area contributed by atoms with Crippen molar-refractivity contribution in [3.8, 4) is 0 Å².